The van der Waals surface area contributed by atoms with Crippen molar-refractivity contribution in [2.75, 3.05) is 0 Å². The van der Waals surface area contributed by atoms with Gasteiger partial charge in [-0.05, 0) is 46.8 Å². The molecule has 0 radical (unpaired) electrons. The Hall–Kier alpha value is -1.27. The molecule has 0 aliphatic heterocycles. The van der Waals surface area contributed by atoms with Gasteiger partial charge in [0.2, 0.25) is 11.7 Å². The van der Waals surface area contributed by atoms with Crippen LogP contribution in [0.15, 0.2) is 27.3 Å². The van der Waals surface area contributed by atoms with Crippen LogP contribution < -0.4 is 0 Å². The summed E-state index contributed by atoms with van der Waals surface area (Å²) in [4.78, 5) is 8.63. The van der Waals surface area contributed by atoms with Crippen molar-refractivity contribution in [1.82, 2.24) is 15.1 Å². The minimum Gasteiger partial charge on any atom is -0.393 e. The van der Waals surface area contributed by atoms with Crippen LogP contribution >= 0.6 is 15.9 Å². The molecule has 2 atom stereocenters. The molecule has 1 saturated carbocycles. The van der Waals surface area contributed by atoms with Crippen molar-refractivity contribution in [3.05, 3.63) is 28.7 Å². The molecule has 0 amide bonds. The van der Waals surface area contributed by atoms with Crippen molar-refractivity contribution >= 4 is 15.9 Å². The van der Waals surface area contributed by atoms with Gasteiger partial charge >= 0.3 is 0 Å². The molecule has 2 aromatic rings. The van der Waals surface area contributed by atoms with Crippen LogP contribution in [0.3, 0.4) is 0 Å². The van der Waals surface area contributed by atoms with E-state index in [-0.39, 0.29) is 12.0 Å². The molecule has 0 bridgehead atoms. The van der Waals surface area contributed by atoms with Crippen molar-refractivity contribution in [3.63, 3.8) is 0 Å². The maximum Gasteiger partial charge on any atom is 0.227 e. The number of pyridine rings is 1. The van der Waals surface area contributed by atoms with Gasteiger partial charge in [-0.15, -0.1) is 0 Å². The molecule has 2 aromatic heterocycles. The van der Waals surface area contributed by atoms with Gasteiger partial charge in [-0.2, -0.15) is 4.98 Å². The van der Waals surface area contributed by atoms with E-state index in [0.29, 0.717) is 23.8 Å². The Morgan fingerprint density at radius 3 is 3.00 bits per heavy atom. The van der Waals surface area contributed by atoms with Crippen molar-refractivity contribution in [3.8, 4) is 11.5 Å². The predicted octanol–water partition coefficient (Wildman–Crippen LogP) is 2.99. The van der Waals surface area contributed by atoms with Crippen LogP contribution in [-0.2, 0) is 6.42 Å². The highest BCUT2D eigenvalue weighted by molar-refractivity contribution is 9.10. The SMILES string of the molecule is OC1CCCCC1Cc1nc(-c2ncccc2Br)no1. The number of nitrogens with zero attached hydrogens (tertiary/aromatic N) is 3. The summed E-state index contributed by atoms with van der Waals surface area (Å²) in [6.07, 6.45) is 6.24. The fourth-order valence-electron chi connectivity index (χ4n) is 2.63. The van der Waals surface area contributed by atoms with E-state index in [0.717, 1.165) is 30.2 Å². The van der Waals surface area contributed by atoms with Crippen LogP contribution in [0.5, 0.6) is 0 Å². The number of aliphatic hydroxyl groups is 1. The molecule has 2 unspecified atom stereocenters. The number of hydrogen-bond donors (Lipinski definition) is 1. The molecule has 5 nitrogen and oxygen atoms in total. The van der Waals surface area contributed by atoms with Crippen molar-refractivity contribution in [2.24, 2.45) is 5.92 Å². The molecule has 3 rings (SSSR count). The summed E-state index contributed by atoms with van der Waals surface area (Å²) in [6, 6.07) is 3.73. The van der Waals surface area contributed by atoms with Crippen LogP contribution in [-0.4, -0.2) is 26.3 Å². The molecule has 2 heterocycles. The van der Waals surface area contributed by atoms with Crippen molar-refractivity contribution in [2.45, 2.75) is 38.2 Å². The average Bonchev–Trinajstić information content (AvgIpc) is 2.90. The van der Waals surface area contributed by atoms with E-state index < -0.39 is 0 Å². The summed E-state index contributed by atoms with van der Waals surface area (Å²) in [7, 11) is 0. The monoisotopic (exact) mass is 337 g/mol. The number of hydrogen-bond acceptors (Lipinski definition) is 5. The van der Waals surface area contributed by atoms with Crippen molar-refractivity contribution < 1.29 is 9.63 Å². The number of aromatic nitrogens is 3. The quantitative estimate of drug-likeness (QED) is 0.931. The van der Waals surface area contributed by atoms with Crippen LogP contribution in [0, 0.1) is 5.92 Å². The van der Waals surface area contributed by atoms with E-state index in [4.69, 9.17) is 4.52 Å². The van der Waals surface area contributed by atoms with Gasteiger partial charge in [-0.25, -0.2) is 0 Å². The normalized spacial score (nSPS) is 22.9. The second kappa shape index (κ2) is 6.01. The van der Waals surface area contributed by atoms with Gasteiger partial charge < -0.3 is 9.63 Å². The Kier molecular flexibility index (Phi) is 4.12. The second-order valence-electron chi connectivity index (χ2n) is 5.16. The molecular weight excluding hydrogens is 322 g/mol. The zero-order valence-electron chi connectivity index (χ0n) is 11.0. The van der Waals surface area contributed by atoms with Gasteiger partial charge in [0.15, 0.2) is 0 Å². The molecule has 0 aromatic carbocycles. The minimum atomic E-state index is -0.249. The Morgan fingerprint density at radius 2 is 2.20 bits per heavy atom. The van der Waals surface area contributed by atoms with Crippen LogP contribution in [0.1, 0.15) is 31.6 Å². The summed E-state index contributed by atoms with van der Waals surface area (Å²) < 4.78 is 6.13. The molecule has 1 fully saturated rings. The summed E-state index contributed by atoms with van der Waals surface area (Å²) in [6.45, 7) is 0. The Balaban J connectivity index is 1.75. The van der Waals surface area contributed by atoms with Crippen LogP contribution in [0.2, 0.25) is 0 Å². The topological polar surface area (TPSA) is 72.0 Å². The molecule has 1 aliphatic carbocycles. The molecule has 0 saturated heterocycles. The average molecular weight is 338 g/mol. The molecule has 1 N–H and O–H groups in total. The van der Waals surface area contributed by atoms with Gasteiger partial charge in [0.05, 0.1) is 6.10 Å². The first-order valence-corrected chi connectivity index (χ1v) is 7.65. The Labute approximate surface area is 125 Å². The zero-order chi connectivity index (χ0) is 13.9. The smallest absolute Gasteiger partial charge is 0.227 e. The van der Waals surface area contributed by atoms with E-state index in [1.165, 1.54) is 0 Å². The molecule has 1 aliphatic rings. The van der Waals surface area contributed by atoms with Gasteiger partial charge in [-0.3, -0.25) is 4.98 Å². The Morgan fingerprint density at radius 1 is 1.35 bits per heavy atom. The maximum absolute atomic E-state index is 9.99. The first kappa shape index (κ1) is 13.7. The van der Waals surface area contributed by atoms with E-state index >= 15 is 0 Å². The molecule has 106 valence electrons. The zero-order valence-corrected chi connectivity index (χ0v) is 12.6. The van der Waals surface area contributed by atoms with E-state index in [2.05, 4.69) is 31.1 Å². The standard InChI is InChI=1S/C14H16BrN3O2/c15-10-5-3-7-16-13(10)14-17-12(20-18-14)8-9-4-1-2-6-11(9)19/h3,5,7,9,11,19H,1-2,4,6,8H2. The number of aliphatic hydroxyl groups excluding tert-OH is 1. The third-order valence-electron chi connectivity index (χ3n) is 3.74. The minimum absolute atomic E-state index is 0.226. The molecule has 6 heteroatoms. The molecule has 20 heavy (non-hydrogen) atoms. The van der Waals surface area contributed by atoms with Crippen LogP contribution in [0.4, 0.5) is 0 Å². The summed E-state index contributed by atoms with van der Waals surface area (Å²) in [5.74, 6) is 1.28. The maximum atomic E-state index is 9.99. The van der Waals surface area contributed by atoms with Gasteiger partial charge in [0.1, 0.15) is 5.69 Å². The van der Waals surface area contributed by atoms with E-state index in [1.54, 1.807) is 6.20 Å². The first-order valence-electron chi connectivity index (χ1n) is 6.85. The largest absolute Gasteiger partial charge is 0.393 e. The van der Waals surface area contributed by atoms with Crippen LogP contribution in [0.25, 0.3) is 11.5 Å². The third-order valence-corrected chi connectivity index (χ3v) is 4.38. The predicted molar refractivity (Wildman–Crippen MR) is 76.9 cm³/mol. The van der Waals surface area contributed by atoms with E-state index in [1.807, 2.05) is 12.1 Å². The molecule has 0 spiro atoms. The fraction of sp³-hybridized carbons (Fsp3) is 0.500. The highest BCUT2D eigenvalue weighted by atomic mass is 79.9. The summed E-state index contributed by atoms with van der Waals surface area (Å²) in [5.41, 5.74) is 0.673. The Bertz CT molecular complexity index is 587. The number of rotatable bonds is 3. The van der Waals surface area contributed by atoms with Crippen molar-refractivity contribution in [1.29, 1.82) is 0 Å². The van der Waals surface area contributed by atoms with E-state index in [9.17, 15) is 5.11 Å². The summed E-state index contributed by atoms with van der Waals surface area (Å²) >= 11 is 3.43. The lowest BCUT2D eigenvalue weighted by molar-refractivity contribution is 0.0657. The highest BCUT2D eigenvalue weighted by Crippen LogP contribution is 2.28. The highest BCUT2D eigenvalue weighted by Gasteiger charge is 2.25. The lowest BCUT2D eigenvalue weighted by Crippen LogP contribution is -2.26. The fourth-order valence-corrected chi connectivity index (χ4v) is 3.07. The van der Waals surface area contributed by atoms with Gasteiger partial charge in [0, 0.05) is 17.1 Å². The molecular formula is C14H16BrN3O2. The van der Waals surface area contributed by atoms with Gasteiger partial charge in [0.25, 0.3) is 0 Å². The van der Waals surface area contributed by atoms with Gasteiger partial charge in [-0.1, -0.05) is 18.0 Å². The second-order valence-corrected chi connectivity index (χ2v) is 6.02. The lowest BCUT2D eigenvalue weighted by Gasteiger charge is -2.26. The third kappa shape index (κ3) is 2.91. The lowest BCUT2D eigenvalue weighted by atomic mass is 9.84. The number of halogens is 1. The first-order chi connectivity index (χ1) is 9.74. The summed E-state index contributed by atoms with van der Waals surface area (Å²) in [5, 5.41) is 14.0.